The van der Waals surface area contributed by atoms with Gasteiger partial charge in [0.05, 0.1) is 12.1 Å². The van der Waals surface area contributed by atoms with Crippen molar-refractivity contribution in [3.8, 4) is 0 Å². The topological polar surface area (TPSA) is 158 Å². The lowest BCUT2D eigenvalue weighted by Gasteiger charge is -2.40. The standard InChI is InChI=1S/C17H22N2O7/c18-10(17(24)25)5-8-6-19(11-4-2-1-3-9(8)11)16-15(23)14(22)13(21)12(7-20)26-16/h1-4,6,10,12-16,20-23H,5,7,18H2,(H,24,25)/t10-,12+,13-,14-,15+,16-/m0/s1. The van der Waals surface area contributed by atoms with Gasteiger partial charge in [-0.05, 0) is 11.6 Å². The highest BCUT2D eigenvalue weighted by Crippen LogP contribution is 2.33. The summed E-state index contributed by atoms with van der Waals surface area (Å²) >= 11 is 0. The number of nitrogens with zero attached hydrogens (tertiary/aromatic N) is 1. The average molecular weight is 366 g/mol. The SMILES string of the molecule is N[C@@H](Cc1cn([C@H]2O[C@H](CO)[C@H](O)[C@H](O)[C@H]2O)c2ccccc12)C(=O)O. The molecule has 3 rings (SSSR count). The van der Waals surface area contributed by atoms with Crippen molar-refractivity contribution in [1.29, 1.82) is 0 Å². The second-order valence-electron chi connectivity index (χ2n) is 6.45. The first-order chi connectivity index (χ1) is 12.3. The fourth-order valence-electron chi connectivity index (χ4n) is 3.29. The van der Waals surface area contributed by atoms with Crippen LogP contribution in [0.2, 0.25) is 0 Å². The molecule has 2 aromatic rings. The van der Waals surface area contributed by atoms with Gasteiger partial charge in [-0.25, -0.2) is 0 Å². The summed E-state index contributed by atoms with van der Waals surface area (Å²) in [5.41, 5.74) is 6.93. The van der Waals surface area contributed by atoms with E-state index in [0.29, 0.717) is 11.1 Å². The highest BCUT2D eigenvalue weighted by Gasteiger charge is 2.44. The van der Waals surface area contributed by atoms with E-state index >= 15 is 0 Å². The van der Waals surface area contributed by atoms with Crippen molar-refractivity contribution in [2.75, 3.05) is 6.61 Å². The third-order valence-corrected chi connectivity index (χ3v) is 4.72. The second-order valence-corrected chi connectivity index (χ2v) is 6.45. The summed E-state index contributed by atoms with van der Waals surface area (Å²) in [5.74, 6) is -1.13. The molecule has 1 aromatic carbocycles. The molecule has 1 aliphatic rings. The van der Waals surface area contributed by atoms with E-state index < -0.39 is 49.3 Å². The van der Waals surface area contributed by atoms with E-state index in [1.54, 1.807) is 35.0 Å². The van der Waals surface area contributed by atoms with E-state index in [4.69, 9.17) is 15.6 Å². The van der Waals surface area contributed by atoms with Crippen LogP contribution in [0.5, 0.6) is 0 Å². The van der Waals surface area contributed by atoms with Crippen molar-refractivity contribution in [3.63, 3.8) is 0 Å². The van der Waals surface area contributed by atoms with Crippen LogP contribution in [-0.4, -0.2) is 73.1 Å². The molecule has 0 aliphatic carbocycles. The molecule has 0 unspecified atom stereocenters. The summed E-state index contributed by atoms with van der Waals surface area (Å²) in [7, 11) is 0. The van der Waals surface area contributed by atoms with Crippen molar-refractivity contribution in [1.82, 2.24) is 4.57 Å². The molecule has 0 amide bonds. The Balaban J connectivity index is 2.03. The van der Waals surface area contributed by atoms with Gasteiger partial charge in [0.25, 0.3) is 0 Å². The fraction of sp³-hybridized carbons (Fsp3) is 0.471. The molecule has 6 atom stereocenters. The normalized spacial score (nSPS) is 30.4. The van der Waals surface area contributed by atoms with E-state index in [2.05, 4.69) is 0 Å². The van der Waals surface area contributed by atoms with Crippen LogP contribution in [-0.2, 0) is 16.0 Å². The molecule has 0 bridgehead atoms. The van der Waals surface area contributed by atoms with Gasteiger partial charge in [0.15, 0.2) is 6.23 Å². The Hall–Kier alpha value is -2.01. The van der Waals surface area contributed by atoms with Crippen molar-refractivity contribution in [3.05, 3.63) is 36.0 Å². The number of rotatable bonds is 5. The molecule has 1 saturated heterocycles. The number of aliphatic hydroxyl groups is 4. The second kappa shape index (κ2) is 7.31. The predicted molar refractivity (Wildman–Crippen MR) is 90.3 cm³/mol. The number of hydrogen-bond donors (Lipinski definition) is 6. The summed E-state index contributed by atoms with van der Waals surface area (Å²) in [5, 5.41) is 49.5. The number of ether oxygens (including phenoxy) is 1. The van der Waals surface area contributed by atoms with Crippen LogP contribution in [0, 0.1) is 0 Å². The zero-order chi connectivity index (χ0) is 19.0. The van der Waals surface area contributed by atoms with Gasteiger partial charge in [-0.1, -0.05) is 18.2 Å². The minimum atomic E-state index is -1.50. The van der Waals surface area contributed by atoms with Gasteiger partial charge in [-0.15, -0.1) is 0 Å². The van der Waals surface area contributed by atoms with Gasteiger partial charge in [0, 0.05) is 18.0 Å². The Bertz CT molecular complexity index is 791. The lowest BCUT2D eigenvalue weighted by atomic mass is 9.98. The molecule has 26 heavy (non-hydrogen) atoms. The average Bonchev–Trinajstić information content (AvgIpc) is 2.98. The molecule has 142 valence electrons. The van der Waals surface area contributed by atoms with Gasteiger partial charge in [-0.2, -0.15) is 0 Å². The molecular weight excluding hydrogens is 344 g/mol. The summed E-state index contributed by atoms with van der Waals surface area (Å²) in [4.78, 5) is 11.1. The van der Waals surface area contributed by atoms with Crippen LogP contribution in [0.25, 0.3) is 10.9 Å². The molecule has 1 aliphatic heterocycles. The first-order valence-corrected chi connectivity index (χ1v) is 8.22. The number of nitrogens with two attached hydrogens (primary N) is 1. The highest BCUT2D eigenvalue weighted by molar-refractivity contribution is 5.85. The lowest BCUT2D eigenvalue weighted by Crippen LogP contribution is -2.56. The van der Waals surface area contributed by atoms with E-state index in [9.17, 15) is 25.2 Å². The molecule has 0 spiro atoms. The van der Waals surface area contributed by atoms with Gasteiger partial charge in [-0.3, -0.25) is 4.79 Å². The lowest BCUT2D eigenvalue weighted by molar-refractivity contribution is -0.250. The van der Waals surface area contributed by atoms with Crippen LogP contribution < -0.4 is 5.73 Å². The largest absolute Gasteiger partial charge is 0.480 e. The maximum absolute atomic E-state index is 11.1. The quantitative estimate of drug-likeness (QED) is 0.376. The van der Waals surface area contributed by atoms with Crippen LogP contribution in [0.1, 0.15) is 11.8 Å². The zero-order valence-corrected chi connectivity index (χ0v) is 13.8. The van der Waals surface area contributed by atoms with Crippen molar-refractivity contribution < 1.29 is 35.1 Å². The van der Waals surface area contributed by atoms with Crippen molar-refractivity contribution >= 4 is 16.9 Å². The molecular formula is C17H22N2O7. The molecule has 1 aromatic heterocycles. The maximum atomic E-state index is 11.1. The third kappa shape index (κ3) is 3.20. The van der Waals surface area contributed by atoms with Crippen molar-refractivity contribution in [2.24, 2.45) is 5.73 Å². The summed E-state index contributed by atoms with van der Waals surface area (Å²) < 4.78 is 7.15. The molecule has 9 nitrogen and oxygen atoms in total. The summed E-state index contributed by atoms with van der Waals surface area (Å²) in [6.45, 7) is -0.530. The van der Waals surface area contributed by atoms with Crippen LogP contribution in [0.15, 0.2) is 30.5 Å². The minimum Gasteiger partial charge on any atom is -0.480 e. The molecule has 9 heteroatoms. The first-order valence-electron chi connectivity index (χ1n) is 8.22. The Morgan fingerprint density at radius 1 is 1.19 bits per heavy atom. The van der Waals surface area contributed by atoms with Crippen LogP contribution >= 0.6 is 0 Å². The predicted octanol–water partition coefficient (Wildman–Crippen LogP) is -1.43. The highest BCUT2D eigenvalue weighted by atomic mass is 16.6. The zero-order valence-electron chi connectivity index (χ0n) is 13.8. The van der Waals surface area contributed by atoms with E-state index in [0.717, 1.165) is 5.39 Å². The van der Waals surface area contributed by atoms with Gasteiger partial charge >= 0.3 is 5.97 Å². The number of benzene rings is 1. The minimum absolute atomic E-state index is 0.0697. The van der Waals surface area contributed by atoms with Gasteiger partial charge in [0.2, 0.25) is 0 Å². The fourth-order valence-corrected chi connectivity index (χ4v) is 3.29. The third-order valence-electron chi connectivity index (χ3n) is 4.72. The van der Waals surface area contributed by atoms with Crippen LogP contribution in [0.4, 0.5) is 0 Å². The smallest absolute Gasteiger partial charge is 0.320 e. The Morgan fingerprint density at radius 2 is 1.88 bits per heavy atom. The van der Waals surface area contributed by atoms with E-state index in [1.165, 1.54) is 0 Å². The number of carboxylic acid groups (broad SMARTS) is 1. The molecule has 7 N–H and O–H groups in total. The number of aliphatic hydroxyl groups excluding tert-OH is 4. The number of fused-ring (bicyclic) bond motifs is 1. The van der Waals surface area contributed by atoms with Crippen molar-refractivity contribution in [2.45, 2.75) is 43.1 Å². The Morgan fingerprint density at radius 3 is 2.54 bits per heavy atom. The Kier molecular flexibility index (Phi) is 5.28. The van der Waals surface area contributed by atoms with Gasteiger partial charge < -0.3 is 40.6 Å². The molecule has 1 fully saturated rings. The van der Waals surface area contributed by atoms with E-state index in [-0.39, 0.29) is 6.42 Å². The molecule has 0 radical (unpaired) electrons. The number of carboxylic acids is 1. The Labute approximate surface area is 148 Å². The molecule has 2 heterocycles. The number of para-hydroxylation sites is 1. The monoisotopic (exact) mass is 366 g/mol. The number of carbonyl (C=O) groups is 1. The van der Waals surface area contributed by atoms with Gasteiger partial charge in [0.1, 0.15) is 30.5 Å². The summed E-state index contributed by atoms with van der Waals surface area (Å²) in [6.07, 6.45) is -4.82. The first kappa shape index (κ1) is 18.8. The number of hydrogen-bond acceptors (Lipinski definition) is 7. The van der Waals surface area contributed by atoms with Crippen LogP contribution in [0.3, 0.4) is 0 Å². The maximum Gasteiger partial charge on any atom is 0.320 e. The van der Waals surface area contributed by atoms with E-state index in [1.807, 2.05) is 0 Å². The summed E-state index contributed by atoms with van der Waals surface area (Å²) in [6, 6.07) is 6.01. The number of aromatic nitrogens is 1. The number of aliphatic carboxylic acids is 1. The molecule has 0 saturated carbocycles.